The van der Waals surface area contributed by atoms with Crippen molar-refractivity contribution in [2.75, 3.05) is 17.2 Å². The highest BCUT2D eigenvalue weighted by atomic mass is 19.2. The van der Waals surface area contributed by atoms with Crippen LogP contribution in [0.15, 0.2) is 36.4 Å². The molecule has 0 heterocycles. The molecule has 21 heavy (non-hydrogen) atoms. The standard InChI is InChI=1S/C15H13F3N2O/c1-2-20(11-5-3-10(19)4-6-11)15(21)9-7-12(16)14(18)13(17)8-9/h3-8H,2,19H2,1H3. The van der Waals surface area contributed by atoms with Crippen LogP contribution in [0.2, 0.25) is 0 Å². The first-order valence-corrected chi connectivity index (χ1v) is 6.26. The highest BCUT2D eigenvalue weighted by Crippen LogP contribution is 2.21. The van der Waals surface area contributed by atoms with Crippen LogP contribution in [0, 0.1) is 17.5 Å². The number of halogens is 3. The van der Waals surface area contributed by atoms with E-state index in [4.69, 9.17) is 5.73 Å². The summed E-state index contributed by atoms with van der Waals surface area (Å²) >= 11 is 0. The number of hydrogen-bond acceptors (Lipinski definition) is 2. The van der Waals surface area contributed by atoms with Crippen LogP contribution in [0.3, 0.4) is 0 Å². The Morgan fingerprint density at radius 1 is 1.10 bits per heavy atom. The molecule has 0 unspecified atom stereocenters. The zero-order chi connectivity index (χ0) is 15.6. The summed E-state index contributed by atoms with van der Waals surface area (Å²) in [6.45, 7) is 1.99. The monoisotopic (exact) mass is 294 g/mol. The molecule has 2 N–H and O–H groups in total. The third-order valence-electron chi connectivity index (χ3n) is 3.00. The van der Waals surface area contributed by atoms with E-state index >= 15 is 0 Å². The van der Waals surface area contributed by atoms with Gasteiger partial charge in [-0.1, -0.05) is 0 Å². The van der Waals surface area contributed by atoms with Crippen molar-refractivity contribution in [3.63, 3.8) is 0 Å². The molecule has 0 saturated heterocycles. The van der Waals surface area contributed by atoms with Crippen LogP contribution in [0.1, 0.15) is 17.3 Å². The third-order valence-corrected chi connectivity index (χ3v) is 3.00. The molecule has 0 bridgehead atoms. The first-order chi connectivity index (χ1) is 9.93. The van der Waals surface area contributed by atoms with Crippen molar-refractivity contribution < 1.29 is 18.0 Å². The van der Waals surface area contributed by atoms with Crippen LogP contribution in [-0.4, -0.2) is 12.5 Å². The van der Waals surface area contributed by atoms with Crippen LogP contribution >= 0.6 is 0 Å². The van der Waals surface area contributed by atoms with Crippen molar-refractivity contribution in [3.8, 4) is 0 Å². The molecule has 0 saturated carbocycles. The minimum absolute atomic E-state index is 0.259. The average Bonchev–Trinajstić information content (AvgIpc) is 2.46. The lowest BCUT2D eigenvalue weighted by Crippen LogP contribution is -2.30. The molecule has 0 spiro atoms. The molecule has 2 aromatic carbocycles. The maximum absolute atomic E-state index is 13.2. The lowest BCUT2D eigenvalue weighted by Gasteiger charge is -2.21. The van der Waals surface area contributed by atoms with E-state index in [0.717, 1.165) is 0 Å². The van der Waals surface area contributed by atoms with Crippen molar-refractivity contribution in [2.24, 2.45) is 0 Å². The number of amides is 1. The summed E-state index contributed by atoms with van der Waals surface area (Å²) in [7, 11) is 0. The van der Waals surface area contributed by atoms with Gasteiger partial charge >= 0.3 is 0 Å². The summed E-state index contributed by atoms with van der Waals surface area (Å²) in [6, 6.07) is 7.82. The summed E-state index contributed by atoms with van der Waals surface area (Å²) in [5, 5.41) is 0. The molecule has 3 nitrogen and oxygen atoms in total. The maximum Gasteiger partial charge on any atom is 0.258 e. The molecule has 110 valence electrons. The van der Waals surface area contributed by atoms with Gasteiger partial charge in [0.1, 0.15) is 0 Å². The Hall–Kier alpha value is -2.50. The second-order valence-electron chi connectivity index (χ2n) is 4.39. The van der Waals surface area contributed by atoms with Crippen molar-refractivity contribution in [3.05, 3.63) is 59.4 Å². The third kappa shape index (κ3) is 2.99. The minimum Gasteiger partial charge on any atom is -0.399 e. The lowest BCUT2D eigenvalue weighted by molar-refractivity contribution is 0.0987. The molecular formula is C15H13F3N2O. The van der Waals surface area contributed by atoms with E-state index in [9.17, 15) is 18.0 Å². The van der Waals surface area contributed by atoms with Crippen LogP contribution in [0.5, 0.6) is 0 Å². The Balaban J connectivity index is 2.39. The highest BCUT2D eigenvalue weighted by Gasteiger charge is 2.20. The Bertz CT molecular complexity index is 648. The number of nitrogens with zero attached hydrogens (tertiary/aromatic N) is 1. The van der Waals surface area contributed by atoms with Crippen LogP contribution in [0.25, 0.3) is 0 Å². The Morgan fingerprint density at radius 2 is 1.62 bits per heavy atom. The van der Waals surface area contributed by atoms with Crippen molar-refractivity contribution in [1.29, 1.82) is 0 Å². The van der Waals surface area contributed by atoms with Gasteiger partial charge in [0.05, 0.1) is 0 Å². The van der Waals surface area contributed by atoms with E-state index in [1.807, 2.05) is 0 Å². The van der Waals surface area contributed by atoms with Gasteiger partial charge in [-0.15, -0.1) is 0 Å². The molecular weight excluding hydrogens is 281 g/mol. The first kappa shape index (κ1) is 14.9. The molecule has 0 aliphatic heterocycles. The van der Waals surface area contributed by atoms with Gasteiger partial charge in [-0.2, -0.15) is 0 Å². The normalized spacial score (nSPS) is 10.5. The van der Waals surface area contributed by atoms with E-state index in [0.29, 0.717) is 23.5 Å². The lowest BCUT2D eigenvalue weighted by atomic mass is 10.1. The fourth-order valence-electron chi connectivity index (χ4n) is 1.93. The van der Waals surface area contributed by atoms with Crippen LogP contribution in [-0.2, 0) is 0 Å². The van der Waals surface area contributed by atoms with E-state index in [1.54, 1.807) is 31.2 Å². The van der Waals surface area contributed by atoms with Gasteiger partial charge in [0, 0.05) is 23.5 Å². The smallest absolute Gasteiger partial charge is 0.258 e. The quantitative estimate of drug-likeness (QED) is 0.697. The van der Waals surface area contributed by atoms with E-state index in [-0.39, 0.29) is 12.1 Å². The van der Waals surface area contributed by atoms with Gasteiger partial charge in [0.2, 0.25) is 0 Å². The molecule has 2 aromatic rings. The average molecular weight is 294 g/mol. The number of benzene rings is 2. The first-order valence-electron chi connectivity index (χ1n) is 6.26. The predicted molar refractivity (Wildman–Crippen MR) is 74.5 cm³/mol. The van der Waals surface area contributed by atoms with Crippen LogP contribution in [0.4, 0.5) is 24.5 Å². The molecule has 0 atom stereocenters. The number of carbonyl (C=O) groups excluding carboxylic acids is 1. The predicted octanol–water partition coefficient (Wildman–Crippen LogP) is 3.35. The van der Waals surface area contributed by atoms with Crippen molar-refractivity contribution in [2.45, 2.75) is 6.92 Å². The fourth-order valence-corrected chi connectivity index (χ4v) is 1.93. The Morgan fingerprint density at radius 3 is 2.10 bits per heavy atom. The van der Waals surface area contributed by atoms with Gasteiger partial charge in [0.15, 0.2) is 17.5 Å². The van der Waals surface area contributed by atoms with Gasteiger partial charge < -0.3 is 10.6 Å². The molecule has 0 aliphatic carbocycles. The summed E-state index contributed by atoms with van der Waals surface area (Å²) in [5.74, 6) is -5.01. The number of carbonyl (C=O) groups is 1. The minimum atomic E-state index is -1.60. The number of nitrogens with two attached hydrogens (primary N) is 1. The van der Waals surface area contributed by atoms with Crippen LogP contribution < -0.4 is 10.6 Å². The molecule has 6 heteroatoms. The number of anilines is 2. The fraction of sp³-hybridized carbons (Fsp3) is 0.133. The zero-order valence-corrected chi connectivity index (χ0v) is 11.2. The maximum atomic E-state index is 13.2. The SMILES string of the molecule is CCN(C(=O)c1cc(F)c(F)c(F)c1)c1ccc(N)cc1. The van der Waals surface area contributed by atoms with E-state index < -0.39 is 23.4 Å². The number of hydrogen-bond donors (Lipinski definition) is 1. The molecule has 0 aliphatic rings. The zero-order valence-electron chi connectivity index (χ0n) is 11.2. The molecule has 2 rings (SSSR count). The highest BCUT2D eigenvalue weighted by molar-refractivity contribution is 6.06. The van der Waals surface area contributed by atoms with E-state index in [1.165, 1.54) is 4.90 Å². The second-order valence-corrected chi connectivity index (χ2v) is 4.39. The molecule has 1 amide bonds. The summed E-state index contributed by atoms with van der Waals surface area (Å²) in [6.07, 6.45) is 0. The topological polar surface area (TPSA) is 46.3 Å². The summed E-state index contributed by atoms with van der Waals surface area (Å²) in [4.78, 5) is 13.6. The van der Waals surface area contributed by atoms with Crippen molar-refractivity contribution >= 4 is 17.3 Å². The van der Waals surface area contributed by atoms with E-state index in [2.05, 4.69) is 0 Å². The van der Waals surface area contributed by atoms with Gasteiger partial charge in [-0.25, -0.2) is 13.2 Å². The van der Waals surface area contributed by atoms with Gasteiger partial charge in [0.25, 0.3) is 5.91 Å². The summed E-state index contributed by atoms with van der Waals surface area (Å²) < 4.78 is 39.4. The largest absolute Gasteiger partial charge is 0.399 e. The van der Waals surface area contributed by atoms with Gasteiger partial charge in [-0.3, -0.25) is 4.79 Å². The Kier molecular flexibility index (Phi) is 4.16. The molecule has 0 radical (unpaired) electrons. The second kappa shape index (κ2) is 5.87. The Labute approximate surface area is 119 Å². The number of nitrogen functional groups attached to an aromatic ring is 1. The number of rotatable bonds is 3. The summed E-state index contributed by atoms with van der Waals surface area (Å²) in [5.41, 5.74) is 6.37. The molecule has 0 fully saturated rings. The van der Waals surface area contributed by atoms with Crippen molar-refractivity contribution in [1.82, 2.24) is 0 Å². The molecule has 0 aromatic heterocycles. The van der Waals surface area contributed by atoms with Gasteiger partial charge in [-0.05, 0) is 43.3 Å².